The number of pyridine rings is 1. The summed E-state index contributed by atoms with van der Waals surface area (Å²) < 4.78 is 12.8. The molecule has 1 atom stereocenters. The Morgan fingerprint density at radius 2 is 1.84 bits per heavy atom. The summed E-state index contributed by atoms with van der Waals surface area (Å²) in [6, 6.07) is 9.77. The topological polar surface area (TPSA) is 77.8 Å². The van der Waals surface area contributed by atoms with Crippen molar-refractivity contribution in [2.45, 2.75) is 57.8 Å². The van der Waals surface area contributed by atoms with Gasteiger partial charge in [-0.15, -0.1) is 0 Å². The molecule has 31 heavy (non-hydrogen) atoms. The summed E-state index contributed by atoms with van der Waals surface area (Å²) in [5.74, 6) is -0.450. The number of benzene rings is 1. The van der Waals surface area contributed by atoms with Crippen LogP contribution in [0.4, 0.5) is 0 Å². The second kappa shape index (κ2) is 7.87. The van der Waals surface area contributed by atoms with Crippen LogP contribution in [0.15, 0.2) is 41.3 Å². The summed E-state index contributed by atoms with van der Waals surface area (Å²) >= 11 is 0. The fourth-order valence-corrected chi connectivity index (χ4v) is 5.36. The molecule has 1 amide bonds. The monoisotopic (exact) mass is 422 g/mol. The Morgan fingerprint density at radius 1 is 1.10 bits per heavy atom. The van der Waals surface area contributed by atoms with Crippen LogP contribution < -0.4 is 10.2 Å². The van der Waals surface area contributed by atoms with Crippen LogP contribution in [0.25, 0.3) is 0 Å². The molecule has 2 saturated heterocycles. The number of carbonyl (C=O) groups is 2. The Bertz CT molecular complexity index is 1070. The summed E-state index contributed by atoms with van der Waals surface area (Å²) in [7, 11) is 0. The summed E-state index contributed by atoms with van der Waals surface area (Å²) in [5, 5.41) is 0. The first-order valence-electron chi connectivity index (χ1n) is 11.0. The first kappa shape index (κ1) is 19.8. The molecule has 7 nitrogen and oxygen atoms in total. The van der Waals surface area contributed by atoms with Crippen LogP contribution >= 0.6 is 0 Å². The van der Waals surface area contributed by atoms with Gasteiger partial charge in [0.05, 0.1) is 12.6 Å². The van der Waals surface area contributed by atoms with Gasteiger partial charge in [0.1, 0.15) is 12.2 Å². The van der Waals surface area contributed by atoms with Gasteiger partial charge in [-0.3, -0.25) is 9.59 Å². The number of piperidine rings is 2. The molecule has 2 bridgehead atoms. The molecule has 7 heteroatoms. The Labute approximate surface area is 180 Å². The number of esters is 1. The highest BCUT2D eigenvalue weighted by molar-refractivity contribution is 5.98. The summed E-state index contributed by atoms with van der Waals surface area (Å²) in [6.45, 7) is 2.56. The molecule has 4 heterocycles. The molecule has 1 aromatic carbocycles. The fraction of sp³-hybridized carbons (Fsp3) is 0.458. The van der Waals surface area contributed by atoms with Crippen LogP contribution in [0.2, 0.25) is 0 Å². The second-order valence-corrected chi connectivity index (χ2v) is 8.55. The van der Waals surface area contributed by atoms with Crippen LogP contribution in [0, 0.1) is 5.92 Å². The van der Waals surface area contributed by atoms with E-state index >= 15 is 0 Å². The van der Waals surface area contributed by atoms with Crippen LogP contribution in [0.5, 0.6) is 5.75 Å². The zero-order valence-corrected chi connectivity index (χ0v) is 17.6. The number of ether oxygens (including phenoxy) is 2. The minimum atomic E-state index is -0.688. The second-order valence-electron chi connectivity index (χ2n) is 8.55. The minimum Gasteiger partial charge on any atom is -0.483 e. The minimum absolute atomic E-state index is 0.0562. The average molecular weight is 422 g/mol. The molecule has 2 aromatic rings. The number of hydrogen-bond acceptors (Lipinski definition) is 5. The van der Waals surface area contributed by atoms with Crippen LogP contribution in [0.3, 0.4) is 0 Å². The maximum Gasteiger partial charge on any atom is 0.343 e. The van der Waals surface area contributed by atoms with E-state index in [2.05, 4.69) is 0 Å². The van der Waals surface area contributed by atoms with E-state index in [0.717, 1.165) is 31.2 Å². The third-order valence-electron chi connectivity index (χ3n) is 6.82. The number of carbonyl (C=O) groups excluding carboxylic acids is 2. The van der Waals surface area contributed by atoms with Crippen molar-refractivity contribution in [3.8, 4) is 5.75 Å². The standard InChI is InChI=1S/C24H26N2O5/c1-2-30-24(29)18-12-25-13-19-16-8-10-17(11-9-16)26(19)23(28)20(25)22(21(18)27)31-14-15-6-4-3-5-7-15/h3-7,12,16-17,19H,2,8-11,13-14H2,1H3/t16?,17?,19-/m1/s1. The van der Waals surface area contributed by atoms with Crippen molar-refractivity contribution in [3.63, 3.8) is 0 Å². The average Bonchev–Trinajstić information content (AvgIpc) is 2.80. The summed E-state index contributed by atoms with van der Waals surface area (Å²) in [5.41, 5.74) is 0.448. The fourth-order valence-electron chi connectivity index (χ4n) is 5.36. The van der Waals surface area contributed by atoms with E-state index in [0.29, 0.717) is 12.5 Å². The normalized spacial score (nSPS) is 23.8. The lowest BCUT2D eigenvalue weighted by atomic mass is 9.73. The van der Waals surface area contributed by atoms with Crippen molar-refractivity contribution in [3.05, 3.63) is 63.6 Å². The first-order chi connectivity index (χ1) is 15.1. The van der Waals surface area contributed by atoms with Gasteiger partial charge in [-0.25, -0.2) is 4.79 Å². The largest absolute Gasteiger partial charge is 0.483 e. The maximum atomic E-state index is 13.6. The van der Waals surface area contributed by atoms with Crippen LogP contribution in [-0.2, 0) is 17.9 Å². The first-order valence-corrected chi connectivity index (χ1v) is 11.0. The van der Waals surface area contributed by atoms with Gasteiger partial charge in [-0.2, -0.15) is 0 Å². The lowest BCUT2D eigenvalue weighted by molar-refractivity contribution is -0.0183. The van der Waals surface area contributed by atoms with Crippen molar-refractivity contribution in [1.29, 1.82) is 0 Å². The highest BCUT2D eigenvalue weighted by atomic mass is 16.5. The maximum absolute atomic E-state index is 13.6. The Balaban J connectivity index is 1.59. The van der Waals surface area contributed by atoms with E-state index in [1.54, 1.807) is 11.5 Å². The van der Waals surface area contributed by atoms with Crippen molar-refractivity contribution in [2.24, 2.45) is 5.92 Å². The molecule has 0 unspecified atom stereocenters. The molecule has 1 aromatic heterocycles. The molecule has 3 aliphatic heterocycles. The van der Waals surface area contributed by atoms with Gasteiger partial charge >= 0.3 is 5.97 Å². The molecule has 1 saturated carbocycles. The molecule has 0 spiro atoms. The van der Waals surface area contributed by atoms with Crippen molar-refractivity contribution in [1.82, 2.24) is 9.47 Å². The highest BCUT2D eigenvalue weighted by Crippen LogP contribution is 2.43. The van der Waals surface area contributed by atoms with E-state index in [9.17, 15) is 14.4 Å². The van der Waals surface area contributed by atoms with Crippen molar-refractivity contribution < 1.29 is 19.1 Å². The van der Waals surface area contributed by atoms with Gasteiger partial charge in [0.2, 0.25) is 5.43 Å². The summed E-state index contributed by atoms with van der Waals surface area (Å²) in [6.07, 6.45) is 5.76. The molecule has 3 fully saturated rings. The number of nitrogens with zero attached hydrogens (tertiary/aromatic N) is 2. The van der Waals surface area contributed by atoms with E-state index in [1.807, 2.05) is 35.2 Å². The molecular weight excluding hydrogens is 396 g/mol. The lowest BCUT2D eigenvalue weighted by Gasteiger charge is -2.53. The van der Waals surface area contributed by atoms with Gasteiger partial charge < -0.3 is 18.9 Å². The Kier molecular flexibility index (Phi) is 5.04. The predicted molar refractivity (Wildman–Crippen MR) is 113 cm³/mol. The van der Waals surface area contributed by atoms with Gasteiger partial charge in [0.25, 0.3) is 5.91 Å². The Hall–Kier alpha value is -3.09. The van der Waals surface area contributed by atoms with Gasteiger partial charge in [-0.05, 0) is 44.1 Å². The SMILES string of the molecule is CCOC(=O)c1cn2c(c(OCc3ccccc3)c1=O)C(=O)N1C3CCC(CC3)[C@H]1C2. The van der Waals surface area contributed by atoms with Crippen molar-refractivity contribution in [2.75, 3.05) is 6.61 Å². The molecule has 0 N–H and O–H groups in total. The number of amides is 1. The van der Waals surface area contributed by atoms with E-state index in [4.69, 9.17) is 9.47 Å². The van der Waals surface area contributed by atoms with Crippen molar-refractivity contribution >= 4 is 11.9 Å². The van der Waals surface area contributed by atoms with Crippen LogP contribution in [-0.4, -0.2) is 40.0 Å². The zero-order chi connectivity index (χ0) is 21.5. The third-order valence-corrected chi connectivity index (χ3v) is 6.82. The smallest absolute Gasteiger partial charge is 0.343 e. The van der Waals surface area contributed by atoms with E-state index in [1.165, 1.54) is 6.20 Å². The molecule has 0 radical (unpaired) electrons. The lowest BCUT2D eigenvalue weighted by Crippen LogP contribution is -2.62. The van der Waals surface area contributed by atoms with Crippen LogP contribution in [0.1, 0.15) is 59.0 Å². The number of aromatic nitrogens is 1. The number of hydrogen-bond donors (Lipinski definition) is 0. The van der Waals surface area contributed by atoms with E-state index < -0.39 is 11.4 Å². The third kappa shape index (κ3) is 3.32. The molecule has 4 aliphatic rings. The molecular formula is C24H26N2O5. The van der Waals surface area contributed by atoms with E-state index in [-0.39, 0.29) is 48.2 Å². The summed E-state index contributed by atoms with van der Waals surface area (Å²) in [4.78, 5) is 41.3. The van der Waals surface area contributed by atoms with Gasteiger partial charge in [0, 0.05) is 18.8 Å². The number of rotatable bonds is 5. The molecule has 1 aliphatic carbocycles. The van der Waals surface area contributed by atoms with Gasteiger partial charge in [-0.1, -0.05) is 30.3 Å². The quantitative estimate of drug-likeness (QED) is 0.693. The van der Waals surface area contributed by atoms with Gasteiger partial charge in [0.15, 0.2) is 11.4 Å². The molecule has 6 rings (SSSR count). The number of fused-ring (bicyclic) bond motifs is 3. The zero-order valence-electron chi connectivity index (χ0n) is 17.6. The Morgan fingerprint density at radius 3 is 2.55 bits per heavy atom. The highest BCUT2D eigenvalue weighted by Gasteiger charge is 2.48. The molecule has 162 valence electrons. The predicted octanol–water partition coefficient (Wildman–Crippen LogP) is 3.00.